The molecule has 0 fully saturated rings. The average molecular weight is 339 g/mol. The summed E-state index contributed by atoms with van der Waals surface area (Å²) in [5, 5.41) is 2.47. The number of rotatable bonds is 7. The molecular formula is C20H21NO4. The van der Waals surface area contributed by atoms with Gasteiger partial charge in [-0.05, 0) is 31.0 Å². The lowest BCUT2D eigenvalue weighted by Gasteiger charge is -2.13. The van der Waals surface area contributed by atoms with E-state index in [9.17, 15) is 14.4 Å². The first-order valence-electron chi connectivity index (χ1n) is 8.17. The lowest BCUT2D eigenvalue weighted by atomic mass is 10.0. The van der Waals surface area contributed by atoms with E-state index in [1.807, 2.05) is 19.1 Å². The van der Waals surface area contributed by atoms with Gasteiger partial charge in [0, 0.05) is 11.1 Å². The molecule has 0 spiro atoms. The van der Waals surface area contributed by atoms with Gasteiger partial charge in [0.2, 0.25) is 5.78 Å². The second-order valence-corrected chi connectivity index (χ2v) is 5.60. The smallest absolute Gasteiger partial charge is 0.326 e. The number of hydrogen-bond acceptors (Lipinski definition) is 4. The van der Waals surface area contributed by atoms with Crippen molar-refractivity contribution in [3.8, 4) is 0 Å². The predicted molar refractivity (Wildman–Crippen MR) is 94.5 cm³/mol. The van der Waals surface area contributed by atoms with Crippen molar-refractivity contribution in [2.75, 3.05) is 6.54 Å². The summed E-state index contributed by atoms with van der Waals surface area (Å²) in [5.74, 6) is -1.30. The zero-order valence-electron chi connectivity index (χ0n) is 14.3. The Hall–Kier alpha value is -2.95. The van der Waals surface area contributed by atoms with Gasteiger partial charge in [0.1, 0.15) is 6.54 Å². The first-order valence-corrected chi connectivity index (χ1v) is 8.17. The molecule has 1 atom stereocenters. The summed E-state index contributed by atoms with van der Waals surface area (Å²) in [6, 6.07) is 15.8. The molecule has 0 saturated carbocycles. The summed E-state index contributed by atoms with van der Waals surface area (Å²) in [7, 11) is 0. The molecule has 0 aliphatic heterocycles. The van der Waals surface area contributed by atoms with Gasteiger partial charge < -0.3 is 10.1 Å². The van der Waals surface area contributed by atoms with Gasteiger partial charge in [-0.2, -0.15) is 0 Å². The summed E-state index contributed by atoms with van der Waals surface area (Å²) in [5.41, 5.74) is 2.08. The molecule has 0 aliphatic rings. The van der Waals surface area contributed by atoms with Crippen molar-refractivity contribution in [3.05, 3.63) is 71.3 Å². The van der Waals surface area contributed by atoms with Crippen molar-refractivity contribution in [2.45, 2.75) is 26.4 Å². The Morgan fingerprint density at radius 3 is 2.20 bits per heavy atom. The van der Waals surface area contributed by atoms with Crippen LogP contribution in [0.5, 0.6) is 0 Å². The molecule has 5 nitrogen and oxygen atoms in total. The quantitative estimate of drug-likeness (QED) is 0.622. The number of ether oxygens (including phenoxy) is 1. The Morgan fingerprint density at radius 2 is 1.60 bits per heavy atom. The summed E-state index contributed by atoms with van der Waals surface area (Å²) >= 11 is 0. The van der Waals surface area contributed by atoms with Crippen LogP contribution in [0.1, 0.15) is 40.1 Å². The van der Waals surface area contributed by atoms with Crippen molar-refractivity contribution in [1.82, 2.24) is 5.32 Å². The van der Waals surface area contributed by atoms with E-state index in [2.05, 4.69) is 5.32 Å². The third kappa shape index (κ3) is 5.28. The average Bonchev–Trinajstić information content (AvgIpc) is 2.66. The molecular weight excluding hydrogens is 318 g/mol. The highest BCUT2D eigenvalue weighted by Gasteiger charge is 2.19. The number of amides is 1. The molecule has 0 aromatic heterocycles. The van der Waals surface area contributed by atoms with Crippen molar-refractivity contribution < 1.29 is 19.1 Å². The molecule has 1 N–H and O–H groups in total. The largest absolute Gasteiger partial charge is 0.453 e. The highest BCUT2D eigenvalue weighted by atomic mass is 16.5. The zero-order chi connectivity index (χ0) is 18.2. The third-order valence-corrected chi connectivity index (χ3v) is 3.75. The zero-order valence-corrected chi connectivity index (χ0v) is 14.3. The van der Waals surface area contributed by atoms with Crippen LogP contribution in [-0.2, 0) is 16.0 Å². The van der Waals surface area contributed by atoms with Crippen LogP contribution >= 0.6 is 0 Å². The maximum Gasteiger partial charge on any atom is 0.326 e. The first-order chi connectivity index (χ1) is 12.0. The molecule has 1 amide bonds. The van der Waals surface area contributed by atoms with E-state index in [4.69, 9.17) is 4.74 Å². The number of esters is 1. The van der Waals surface area contributed by atoms with Gasteiger partial charge >= 0.3 is 5.97 Å². The number of ketones is 1. The van der Waals surface area contributed by atoms with E-state index in [-0.39, 0.29) is 18.2 Å². The molecule has 130 valence electrons. The van der Waals surface area contributed by atoms with Crippen molar-refractivity contribution in [1.29, 1.82) is 0 Å². The topological polar surface area (TPSA) is 72.5 Å². The van der Waals surface area contributed by atoms with Crippen LogP contribution in [0.3, 0.4) is 0 Å². The third-order valence-electron chi connectivity index (χ3n) is 3.75. The fraction of sp³-hybridized carbons (Fsp3) is 0.250. The highest BCUT2D eigenvalue weighted by molar-refractivity contribution is 6.00. The Balaban J connectivity index is 1.84. The molecule has 0 unspecified atom stereocenters. The van der Waals surface area contributed by atoms with Crippen molar-refractivity contribution in [3.63, 3.8) is 0 Å². The van der Waals surface area contributed by atoms with E-state index >= 15 is 0 Å². The molecule has 0 radical (unpaired) electrons. The molecule has 5 heteroatoms. The Bertz CT molecular complexity index is 738. The predicted octanol–water partition coefficient (Wildman–Crippen LogP) is 2.79. The fourth-order valence-corrected chi connectivity index (χ4v) is 2.28. The molecule has 0 saturated heterocycles. The standard InChI is InChI=1S/C20H21NO4/c1-3-15-9-11-16(12-10-15)19(23)14(2)25-18(22)13-21-20(24)17-7-5-4-6-8-17/h4-12,14H,3,13H2,1-2H3,(H,21,24)/t14-/m1/s1. The minimum atomic E-state index is -0.909. The second kappa shape index (κ2) is 8.78. The van der Waals surface area contributed by atoms with Gasteiger partial charge in [0.05, 0.1) is 0 Å². The molecule has 0 aliphatic carbocycles. The van der Waals surface area contributed by atoms with Crippen molar-refractivity contribution in [2.24, 2.45) is 0 Å². The molecule has 2 rings (SSSR count). The van der Waals surface area contributed by atoms with E-state index in [0.29, 0.717) is 11.1 Å². The Kier molecular flexibility index (Phi) is 6.46. The van der Waals surface area contributed by atoms with Crippen LogP contribution in [-0.4, -0.2) is 30.3 Å². The van der Waals surface area contributed by atoms with Crippen LogP contribution in [0.2, 0.25) is 0 Å². The van der Waals surface area contributed by atoms with Crippen LogP contribution in [0, 0.1) is 0 Å². The number of carbonyl (C=O) groups excluding carboxylic acids is 3. The minimum Gasteiger partial charge on any atom is -0.453 e. The Labute approximate surface area is 147 Å². The van der Waals surface area contributed by atoms with Gasteiger partial charge in [0.15, 0.2) is 6.10 Å². The van der Waals surface area contributed by atoms with Crippen LogP contribution in [0.25, 0.3) is 0 Å². The number of hydrogen-bond donors (Lipinski definition) is 1. The van der Waals surface area contributed by atoms with Crippen molar-refractivity contribution >= 4 is 17.7 Å². The SMILES string of the molecule is CCc1ccc(C(=O)[C@@H](C)OC(=O)CNC(=O)c2ccccc2)cc1. The number of benzene rings is 2. The highest BCUT2D eigenvalue weighted by Crippen LogP contribution is 2.09. The van der Waals surface area contributed by atoms with E-state index in [1.165, 1.54) is 6.92 Å². The van der Waals surface area contributed by atoms with Crippen LogP contribution in [0.4, 0.5) is 0 Å². The summed E-state index contributed by atoms with van der Waals surface area (Å²) in [6.07, 6.45) is -0.0197. The van der Waals surface area contributed by atoms with Crippen LogP contribution < -0.4 is 5.32 Å². The Morgan fingerprint density at radius 1 is 0.960 bits per heavy atom. The number of nitrogens with one attached hydrogen (secondary N) is 1. The van der Waals surface area contributed by atoms with Crippen LogP contribution in [0.15, 0.2) is 54.6 Å². The second-order valence-electron chi connectivity index (χ2n) is 5.60. The minimum absolute atomic E-state index is 0.273. The molecule has 0 bridgehead atoms. The van der Waals surface area contributed by atoms with E-state index < -0.39 is 12.1 Å². The summed E-state index contributed by atoms with van der Waals surface area (Å²) < 4.78 is 5.11. The van der Waals surface area contributed by atoms with Gasteiger partial charge in [-0.3, -0.25) is 14.4 Å². The normalized spacial score (nSPS) is 11.4. The number of aryl methyl sites for hydroxylation is 1. The first kappa shape index (κ1) is 18.4. The molecule has 0 heterocycles. The molecule has 2 aromatic carbocycles. The van der Waals surface area contributed by atoms with Gasteiger partial charge in [0.25, 0.3) is 5.91 Å². The van der Waals surface area contributed by atoms with E-state index in [1.54, 1.807) is 42.5 Å². The lowest BCUT2D eigenvalue weighted by molar-refractivity contribution is -0.145. The maximum atomic E-state index is 12.3. The van der Waals surface area contributed by atoms with Gasteiger partial charge in [-0.25, -0.2) is 0 Å². The van der Waals surface area contributed by atoms with Gasteiger partial charge in [-0.15, -0.1) is 0 Å². The monoisotopic (exact) mass is 339 g/mol. The van der Waals surface area contributed by atoms with Gasteiger partial charge in [-0.1, -0.05) is 49.4 Å². The maximum absolute atomic E-state index is 12.3. The van der Waals surface area contributed by atoms with E-state index in [0.717, 1.165) is 12.0 Å². The number of Topliss-reactive ketones (excluding diaryl/α,β-unsaturated/α-hetero) is 1. The fourth-order valence-electron chi connectivity index (χ4n) is 2.28. The lowest BCUT2D eigenvalue weighted by Crippen LogP contribution is -2.34. The summed E-state index contributed by atoms with van der Waals surface area (Å²) in [6.45, 7) is 3.26. The number of carbonyl (C=O) groups is 3. The summed E-state index contributed by atoms with van der Waals surface area (Å²) in [4.78, 5) is 36.0. The molecule has 2 aromatic rings. The molecule has 25 heavy (non-hydrogen) atoms.